The number of furan rings is 1. The summed E-state index contributed by atoms with van der Waals surface area (Å²) in [7, 11) is -3.30. The lowest BCUT2D eigenvalue weighted by molar-refractivity contribution is -0.137. The maximum absolute atomic E-state index is 13.3. The molecule has 5 nitrogen and oxygen atoms in total. The van der Waals surface area contributed by atoms with Crippen LogP contribution < -0.4 is 0 Å². The molecule has 174 valence electrons. The number of halogens is 4. The molecule has 0 radical (unpaired) electrons. The molecular weight excluding hydrogens is 462 g/mol. The van der Waals surface area contributed by atoms with Gasteiger partial charge in [-0.05, 0) is 55.0 Å². The van der Waals surface area contributed by atoms with Crippen LogP contribution in [0.25, 0.3) is 11.3 Å². The monoisotopic (exact) mass is 481 g/mol. The molecule has 0 spiro atoms. The van der Waals surface area contributed by atoms with E-state index in [-0.39, 0.29) is 47.1 Å². The van der Waals surface area contributed by atoms with Gasteiger partial charge in [0.25, 0.3) is 5.91 Å². The fourth-order valence-corrected chi connectivity index (χ4v) is 5.51. The van der Waals surface area contributed by atoms with E-state index in [2.05, 4.69) is 0 Å². The van der Waals surface area contributed by atoms with Crippen molar-refractivity contribution in [2.24, 2.45) is 0 Å². The first-order valence-corrected chi connectivity index (χ1v) is 11.9. The summed E-state index contributed by atoms with van der Waals surface area (Å²) in [5, 5.41) is 0. The van der Waals surface area contributed by atoms with Gasteiger partial charge in [-0.25, -0.2) is 12.8 Å². The van der Waals surface area contributed by atoms with E-state index in [1.54, 1.807) is 0 Å². The SMILES string of the molecule is O=C(c1ccc(F)cc1)N(Cc1ccc(-c2cccc(C(F)(F)F)c2)o1)[C@@H]1CCS(=O)(=O)C1. The van der Waals surface area contributed by atoms with Gasteiger partial charge >= 0.3 is 6.18 Å². The second-order valence-electron chi connectivity index (χ2n) is 7.84. The number of alkyl halides is 3. The minimum atomic E-state index is -4.50. The Morgan fingerprint density at radius 1 is 1.06 bits per heavy atom. The van der Waals surface area contributed by atoms with Crippen LogP contribution in [-0.2, 0) is 22.6 Å². The van der Waals surface area contributed by atoms with Gasteiger partial charge < -0.3 is 9.32 Å². The van der Waals surface area contributed by atoms with Crippen molar-refractivity contribution in [3.63, 3.8) is 0 Å². The largest absolute Gasteiger partial charge is 0.459 e. The van der Waals surface area contributed by atoms with E-state index in [9.17, 15) is 30.8 Å². The number of sulfone groups is 1. The van der Waals surface area contributed by atoms with Crippen molar-refractivity contribution >= 4 is 15.7 Å². The normalized spacial score (nSPS) is 17.8. The Balaban J connectivity index is 1.61. The van der Waals surface area contributed by atoms with Gasteiger partial charge in [-0.3, -0.25) is 4.79 Å². The van der Waals surface area contributed by atoms with E-state index in [0.717, 1.165) is 24.3 Å². The minimum absolute atomic E-state index is 0.0570. The van der Waals surface area contributed by atoms with Gasteiger partial charge in [-0.1, -0.05) is 12.1 Å². The van der Waals surface area contributed by atoms with Crippen LogP contribution in [0.4, 0.5) is 17.6 Å². The molecule has 1 aromatic heterocycles. The van der Waals surface area contributed by atoms with Crippen LogP contribution in [0.2, 0.25) is 0 Å². The van der Waals surface area contributed by atoms with Gasteiger partial charge in [0.05, 0.1) is 23.6 Å². The second kappa shape index (κ2) is 8.66. The van der Waals surface area contributed by atoms with E-state index in [1.807, 2.05) is 0 Å². The topological polar surface area (TPSA) is 67.6 Å². The summed E-state index contributed by atoms with van der Waals surface area (Å²) in [6.07, 6.45) is -4.26. The highest BCUT2D eigenvalue weighted by molar-refractivity contribution is 7.91. The first-order chi connectivity index (χ1) is 15.5. The molecule has 0 aliphatic carbocycles. The van der Waals surface area contributed by atoms with Gasteiger partial charge in [-0.15, -0.1) is 0 Å². The third kappa shape index (κ3) is 5.27. The highest BCUT2D eigenvalue weighted by Crippen LogP contribution is 2.33. The van der Waals surface area contributed by atoms with Gasteiger partial charge in [0.1, 0.15) is 17.3 Å². The zero-order valence-electron chi connectivity index (χ0n) is 17.2. The van der Waals surface area contributed by atoms with Crippen molar-refractivity contribution in [3.05, 3.63) is 83.4 Å². The lowest BCUT2D eigenvalue weighted by Crippen LogP contribution is -2.40. The van der Waals surface area contributed by atoms with Crippen molar-refractivity contribution in [2.45, 2.75) is 25.2 Å². The van der Waals surface area contributed by atoms with Gasteiger partial charge in [0.15, 0.2) is 9.84 Å². The second-order valence-corrected chi connectivity index (χ2v) is 10.1. The van der Waals surface area contributed by atoms with Crippen LogP contribution in [-0.4, -0.2) is 36.8 Å². The molecule has 1 fully saturated rings. The Bertz CT molecular complexity index is 1270. The zero-order valence-corrected chi connectivity index (χ0v) is 18.0. The summed E-state index contributed by atoms with van der Waals surface area (Å²) in [4.78, 5) is 14.5. The Morgan fingerprint density at radius 2 is 1.79 bits per heavy atom. The number of nitrogens with zero attached hydrogens (tertiary/aromatic N) is 1. The Kier molecular flexibility index (Phi) is 6.04. The quantitative estimate of drug-likeness (QED) is 0.485. The van der Waals surface area contributed by atoms with Gasteiger partial charge in [0.2, 0.25) is 0 Å². The van der Waals surface area contributed by atoms with Crippen molar-refractivity contribution in [3.8, 4) is 11.3 Å². The highest BCUT2D eigenvalue weighted by Gasteiger charge is 2.36. The third-order valence-electron chi connectivity index (χ3n) is 5.46. The Morgan fingerprint density at radius 3 is 2.42 bits per heavy atom. The number of rotatable bonds is 5. The lowest BCUT2D eigenvalue weighted by Gasteiger charge is -2.27. The van der Waals surface area contributed by atoms with Crippen molar-refractivity contribution in [1.29, 1.82) is 0 Å². The van der Waals surface area contributed by atoms with Crippen LogP contribution >= 0.6 is 0 Å². The summed E-state index contributed by atoms with van der Waals surface area (Å²) in [6.45, 7) is -0.0879. The lowest BCUT2D eigenvalue weighted by atomic mass is 10.1. The maximum atomic E-state index is 13.3. The standard InChI is InChI=1S/C23H19F4NO4S/c24-18-6-4-15(5-7-18)22(29)28(19-10-11-33(30,31)14-19)13-20-8-9-21(32-20)16-2-1-3-17(12-16)23(25,26)27/h1-9,12,19H,10-11,13-14H2/t19-/m1/s1. The summed E-state index contributed by atoms with van der Waals surface area (Å²) in [6, 6.07) is 12.0. The molecule has 4 rings (SSSR count). The predicted molar refractivity (Wildman–Crippen MR) is 112 cm³/mol. The van der Waals surface area contributed by atoms with Crippen LogP contribution in [0.15, 0.2) is 65.1 Å². The molecule has 2 aromatic carbocycles. The van der Waals surface area contributed by atoms with Crippen molar-refractivity contribution in [2.75, 3.05) is 11.5 Å². The minimum Gasteiger partial charge on any atom is -0.459 e. The molecule has 2 heterocycles. The van der Waals surface area contributed by atoms with E-state index < -0.39 is 39.3 Å². The van der Waals surface area contributed by atoms with E-state index in [4.69, 9.17) is 4.42 Å². The summed E-state index contributed by atoms with van der Waals surface area (Å²) in [5.41, 5.74) is -0.413. The maximum Gasteiger partial charge on any atom is 0.416 e. The number of carbonyl (C=O) groups excluding carboxylic acids is 1. The number of carbonyl (C=O) groups is 1. The third-order valence-corrected chi connectivity index (χ3v) is 7.21. The first kappa shape index (κ1) is 23.0. The molecule has 1 amide bonds. The van der Waals surface area contributed by atoms with Crippen LogP contribution in [0, 0.1) is 5.82 Å². The smallest absolute Gasteiger partial charge is 0.416 e. The molecule has 0 bridgehead atoms. The summed E-state index contributed by atoms with van der Waals surface area (Å²) in [5.74, 6) is -0.807. The van der Waals surface area contributed by atoms with E-state index >= 15 is 0 Å². The zero-order chi connectivity index (χ0) is 23.8. The average Bonchev–Trinajstić information content (AvgIpc) is 3.37. The van der Waals surface area contributed by atoms with Crippen LogP contribution in [0.3, 0.4) is 0 Å². The Hall–Kier alpha value is -3.14. The molecular formula is C23H19F4NO4S. The fraction of sp³-hybridized carbons (Fsp3) is 0.261. The molecule has 0 saturated carbocycles. The molecule has 10 heteroatoms. The number of amides is 1. The molecule has 3 aromatic rings. The molecule has 1 aliphatic heterocycles. The molecule has 1 saturated heterocycles. The predicted octanol–water partition coefficient (Wildman–Crippen LogP) is 4.93. The average molecular weight is 481 g/mol. The molecule has 0 N–H and O–H groups in total. The van der Waals surface area contributed by atoms with E-state index in [0.29, 0.717) is 0 Å². The van der Waals surface area contributed by atoms with Gasteiger partial charge in [-0.2, -0.15) is 13.2 Å². The number of hydrogen-bond acceptors (Lipinski definition) is 4. The Labute approximate surface area is 187 Å². The van der Waals surface area contributed by atoms with Crippen molar-refractivity contribution in [1.82, 2.24) is 4.90 Å². The molecule has 0 unspecified atom stereocenters. The number of benzene rings is 2. The molecule has 33 heavy (non-hydrogen) atoms. The molecule has 1 aliphatic rings. The van der Waals surface area contributed by atoms with E-state index in [1.165, 1.54) is 41.3 Å². The van der Waals surface area contributed by atoms with Gasteiger partial charge in [0, 0.05) is 17.2 Å². The van der Waals surface area contributed by atoms with Crippen LogP contribution in [0.5, 0.6) is 0 Å². The summed E-state index contributed by atoms with van der Waals surface area (Å²) >= 11 is 0. The highest BCUT2D eigenvalue weighted by atomic mass is 32.2. The fourth-order valence-electron chi connectivity index (χ4n) is 3.78. The first-order valence-electron chi connectivity index (χ1n) is 10.1. The summed E-state index contributed by atoms with van der Waals surface area (Å²) < 4.78 is 82.1. The van der Waals surface area contributed by atoms with Crippen LogP contribution in [0.1, 0.15) is 28.1 Å². The molecule has 1 atom stereocenters. The number of hydrogen-bond donors (Lipinski definition) is 0. The van der Waals surface area contributed by atoms with Crippen molar-refractivity contribution < 1.29 is 35.2 Å².